The molecule has 2 aromatic carbocycles. The summed E-state index contributed by atoms with van der Waals surface area (Å²) >= 11 is 0. The molecule has 2 aromatic heterocycles. The molecule has 0 bridgehead atoms. The number of hydrogen-bond donors (Lipinski definition) is 0. The zero-order valence-electron chi connectivity index (χ0n) is 25.7. The maximum atomic E-state index is 14.4. The first-order chi connectivity index (χ1) is 21.6. The van der Waals surface area contributed by atoms with E-state index in [0.717, 1.165) is 12.1 Å². The number of methoxy groups -OCH3 is 4. The van der Waals surface area contributed by atoms with Gasteiger partial charge >= 0.3 is 0 Å². The molecule has 0 spiro atoms. The summed E-state index contributed by atoms with van der Waals surface area (Å²) in [4.78, 5) is 4.52. The fourth-order valence-corrected chi connectivity index (χ4v) is 6.89. The lowest BCUT2D eigenvalue weighted by Crippen LogP contribution is -2.40. The first-order valence-electron chi connectivity index (χ1n) is 13.5. The second kappa shape index (κ2) is 14.6. The van der Waals surface area contributed by atoms with Gasteiger partial charge in [-0.2, -0.15) is 5.26 Å². The Morgan fingerprint density at radius 1 is 1.00 bits per heavy atom. The molecule has 1 atom stereocenters. The van der Waals surface area contributed by atoms with Crippen molar-refractivity contribution in [2.75, 3.05) is 63.3 Å². The molecule has 45 heavy (non-hydrogen) atoms. The average molecular weight is 658 g/mol. The van der Waals surface area contributed by atoms with E-state index in [0.29, 0.717) is 34.5 Å². The Morgan fingerprint density at radius 2 is 1.69 bits per heavy atom. The summed E-state index contributed by atoms with van der Waals surface area (Å²) in [6.07, 6.45) is 2.91. The average Bonchev–Trinajstić information content (AvgIpc) is 3.47. The van der Waals surface area contributed by atoms with E-state index in [9.17, 15) is 18.1 Å². The van der Waals surface area contributed by atoms with Crippen LogP contribution in [-0.2, 0) is 25.7 Å². The highest BCUT2D eigenvalue weighted by atomic mass is 32.2. The lowest BCUT2D eigenvalue weighted by atomic mass is 10.0. The van der Waals surface area contributed by atoms with Gasteiger partial charge in [-0.25, -0.2) is 22.1 Å². The lowest BCUT2D eigenvalue weighted by molar-refractivity contribution is 0.121. The van der Waals surface area contributed by atoms with Crippen molar-refractivity contribution in [3.05, 3.63) is 71.5 Å². The van der Waals surface area contributed by atoms with Gasteiger partial charge < -0.3 is 18.9 Å². The first-order valence-corrected chi connectivity index (χ1v) is 17.4. The molecule has 4 rings (SSSR count). The van der Waals surface area contributed by atoms with Crippen LogP contribution in [0.5, 0.6) is 17.4 Å². The molecule has 0 saturated heterocycles. The van der Waals surface area contributed by atoms with E-state index in [2.05, 4.69) is 15.2 Å². The van der Waals surface area contributed by atoms with Gasteiger partial charge in [-0.3, -0.25) is 4.57 Å². The molecule has 0 aliphatic carbocycles. The molecule has 0 unspecified atom stereocenters. The van der Waals surface area contributed by atoms with Crippen molar-refractivity contribution in [3.8, 4) is 40.7 Å². The van der Waals surface area contributed by atoms with Crippen molar-refractivity contribution in [2.24, 2.45) is 0 Å². The highest BCUT2D eigenvalue weighted by Gasteiger charge is 2.35. The van der Waals surface area contributed by atoms with E-state index in [-0.39, 0.29) is 40.3 Å². The summed E-state index contributed by atoms with van der Waals surface area (Å²) in [6, 6.07) is 15.7. The predicted molar refractivity (Wildman–Crippen MR) is 170 cm³/mol. The zero-order valence-corrected chi connectivity index (χ0v) is 27.4. The molecule has 0 N–H and O–H groups in total. The van der Waals surface area contributed by atoms with Crippen molar-refractivity contribution in [1.82, 2.24) is 19.7 Å². The number of rotatable bonds is 14. The van der Waals surface area contributed by atoms with Gasteiger partial charge in [0.1, 0.15) is 34.5 Å². The van der Waals surface area contributed by atoms with Gasteiger partial charge in [0.25, 0.3) is 0 Å². The fraction of sp³-hybridized carbons (Fsp3) is 0.333. The highest BCUT2D eigenvalue weighted by Crippen LogP contribution is 2.39. The van der Waals surface area contributed by atoms with Gasteiger partial charge in [-0.15, -0.1) is 10.2 Å². The molecule has 238 valence electrons. The molecule has 2 heterocycles. The van der Waals surface area contributed by atoms with Crippen LogP contribution in [0.2, 0.25) is 0 Å². The van der Waals surface area contributed by atoms with E-state index in [1.54, 1.807) is 36.4 Å². The minimum atomic E-state index is -4.26. The number of para-hydroxylation sites is 1. The number of nitrogens with zero attached hydrogens (tertiary/aromatic N) is 6. The van der Waals surface area contributed by atoms with Gasteiger partial charge in [-0.1, -0.05) is 18.2 Å². The maximum absolute atomic E-state index is 14.4. The van der Waals surface area contributed by atoms with Crippen LogP contribution < -0.4 is 18.5 Å². The van der Waals surface area contributed by atoms with Gasteiger partial charge in [-0.05, 0) is 46.8 Å². The maximum Gasteiger partial charge on any atom is 0.246 e. The topological polar surface area (TPSA) is 142 Å². The standard InChI is InChI=1S/C30H34FN6O6S2/c1-40-24-10-8-11-25(41-2)28(24)37-29(23-9-7-12-27(33-23)43-4)34-35-30(37)36(15-16-44(5)6)45(38,39)19-26(42-3)22-14-13-21(31)17-20(22)18-32/h7-14,17,26H,15-16,19H2,1-6H3/q+1/t26-/m0/s1. The van der Waals surface area contributed by atoms with Crippen LogP contribution in [0, 0.1) is 17.1 Å². The Kier molecular flexibility index (Phi) is 10.9. The van der Waals surface area contributed by atoms with Crippen LogP contribution in [0.1, 0.15) is 17.2 Å². The van der Waals surface area contributed by atoms with Crippen molar-refractivity contribution in [3.63, 3.8) is 0 Å². The summed E-state index contributed by atoms with van der Waals surface area (Å²) in [6.45, 7) is 0.0462. The molecule has 4 aromatic rings. The monoisotopic (exact) mass is 657 g/mol. The van der Waals surface area contributed by atoms with Crippen LogP contribution in [0.4, 0.5) is 10.3 Å². The molecule has 0 amide bonds. The third-order valence-electron chi connectivity index (χ3n) is 6.82. The molecule has 0 saturated carbocycles. The summed E-state index contributed by atoms with van der Waals surface area (Å²) in [5.74, 6) is 0.504. The molecule has 0 aliphatic heterocycles. The second-order valence-electron chi connectivity index (χ2n) is 9.84. The van der Waals surface area contributed by atoms with E-state index in [1.165, 1.54) is 43.4 Å². The van der Waals surface area contributed by atoms with Gasteiger partial charge in [0.2, 0.25) is 21.9 Å². The number of nitriles is 1. The van der Waals surface area contributed by atoms with Gasteiger partial charge in [0.05, 0.1) is 63.9 Å². The smallest absolute Gasteiger partial charge is 0.246 e. The molecular formula is C30H34FN6O6S2+. The second-order valence-corrected chi connectivity index (χ2v) is 14.2. The summed E-state index contributed by atoms with van der Waals surface area (Å²) in [7, 11) is 1.37. The van der Waals surface area contributed by atoms with E-state index in [1.807, 2.05) is 18.6 Å². The van der Waals surface area contributed by atoms with Crippen LogP contribution in [0.3, 0.4) is 0 Å². The fourth-order valence-electron chi connectivity index (χ4n) is 4.62. The number of ether oxygens (including phenoxy) is 4. The molecule has 15 heteroatoms. The molecular weight excluding hydrogens is 623 g/mol. The first kappa shape index (κ1) is 33.5. The third-order valence-corrected chi connectivity index (χ3v) is 9.56. The van der Waals surface area contributed by atoms with Crippen LogP contribution in [0.15, 0.2) is 54.6 Å². The molecule has 0 radical (unpaired) electrons. The zero-order chi connectivity index (χ0) is 32.7. The molecule has 0 fully saturated rings. The van der Waals surface area contributed by atoms with Crippen molar-refractivity contribution in [1.29, 1.82) is 5.26 Å². The number of hydrogen-bond acceptors (Lipinski definition) is 10. The van der Waals surface area contributed by atoms with Crippen LogP contribution in [0.25, 0.3) is 17.2 Å². The van der Waals surface area contributed by atoms with Crippen molar-refractivity contribution < 1.29 is 31.8 Å². The summed E-state index contributed by atoms with van der Waals surface area (Å²) in [5.41, 5.74) is 0.914. The summed E-state index contributed by atoms with van der Waals surface area (Å²) < 4.78 is 67.7. The van der Waals surface area contributed by atoms with Crippen molar-refractivity contribution >= 4 is 26.9 Å². The lowest BCUT2D eigenvalue weighted by Gasteiger charge is -2.27. The van der Waals surface area contributed by atoms with Crippen LogP contribution in [-0.4, -0.2) is 87.2 Å². The number of sulfonamides is 1. The highest BCUT2D eigenvalue weighted by molar-refractivity contribution is 7.95. The Bertz CT molecular complexity index is 1770. The number of aromatic nitrogens is 4. The van der Waals surface area contributed by atoms with E-state index in [4.69, 9.17) is 18.9 Å². The Balaban J connectivity index is 1.97. The third kappa shape index (κ3) is 7.30. The normalized spacial score (nSPS) is 12.1. The number of anilines is 1. The van der Waals surface area contributed by atoms with E-state index >= 15 is 0 Å². The van der Waals surface area contributed by atoms with Gasteiger partial charge in [0, 0.05) is 13.2 Å². The molecule has 0 aliphatic rings. The largest absolute Gasteiger partial charge is 0.494 e. The van der Waals surface area contributed by atoms with Crippen molar-refractivity contribution in [2.45, 2.75) is 6.10 Å². The SMILES string of the molecule is COc1cccc(-c2nnc(N(CC[S+](C)C)S(=O)(=O)C[C@H](OC)c3ccc(F)cc3C#N)n2-c2c(OC)cccc2OC)n1. The number of halogens is 1. The Morgan fingerprint density at radius 3 is 2.29 bits per heavy atom. The van der Waals surface area contributed by atoms with Crippen LogP contribution >= 0.6 is 0 Å². The van der Waals surface area contributed by atoms with E-state index < -0.39 is 27.7 Å². The number of pyridine rings is 1. The minimum absolute atomic E-state index is 0.0272. The Hall–Kier alpha value is -4.39. The summed E-state index contributed by atoms with van der Waals surface area (Å²) in [5, 5.41) is 18.4. The Labute approximate surface area is 264 Å². The number of benzene rings is 2. The predicted octanol–water partition coefficient (Wildman–Crippen LogP) is 3.77. The van der Waals surface area contributed by atoms with Gasteiger partial charge in [0.15, 0.2) is 5.82 Å². The minimum Gasteiger partial charge on any atom is -0.494 e. The molecule has 12 nitrogen and oxygen atoms in total. The quantitative estimate of drug-likeness (QED) is 0.184.